The van der Waals surface area contributed by atoms with Crippen LogP contribution in [0.25, 0.3) is 0 Å². The van der Waals surface area contributed by atoms with Crippen molar-refractivity contribution in [1.29, 1.82) is 0 Å². The second-order valence-electron chi connectivity index (χ2n) is 7.13. The summed E-state index contributed by atoms with van der Waals surface area (Å²) in [5.74, 6) is 1.08. The molecule has 0 aromatic heterocycles. The number of methoxy groups -OCH3 is 2. The molecular formula is C19H31N5O4. The summed E-state index contributed by atoms with van der Waals surface area (Å²) in [6.45, 7) is 5.68. The number of amides is 2. The second kappa shape index (κ2) is 10.1. The molecule has 9 heteroatoms. The van der Waals surface area contributed by atoms with Gasteiger partial charge < -0.3 is 25.4 Å². The SMILES string of the molecule is C=C(/N=C1\C(=C/N)NC(=O)N1C[C@H]1CC[C@H](C(=O)OC)CC1)N(C)CCOC. The minimum absolute atomic E-state index is 0.0458. The lowest BCUT2D eigenvalue weighted by molar-refractivity contribution is -0.146. The maximum absolute atomic E-state index is 12.5. The molecule has 0 aromatic rings. The number of hydrogen-bond acceptors (Lipinski definition) is 7. The number of ether oxygens (including phenoxy) is 2. The third-order valence-electron chi connectivity index (χ3n) is 5.28. The summed E-state index contributed by atoms with van der Waals surface area (Å²) in [5, 5.41) is 2.75. The molecule has 1 aliphatic heterocycles. The van der Waals surface area contributed by atoms with Crippen molar-refractivity contribution in [1.82, 2.24) is 15.1 Å². The summed E-state index contributed by atoms with van der Waals surface area (Å²) in [6, 6.07) is -0.252. The van der Waals surface area contributed by atoms with E-state index in [0.29, 0.717) is 37.1 Å². The number of likely N-dealkylation sites (N-methyl/N-ethyl adjacent to an activating group) is 1. The Bertz CT molecular complexity index is 653. The largest absolute Gasteiger partial charge is 0.469 e. The van der Waals surface area contributed by atoms with E-state index in [2.05, 4.69) is 16.9 Å². The highest BCUT2D eigenvalue weighted by atomic mass is 16.5. The minimum Gasteiger partial charge on any atom is -0.469 e. The van der Waals surface area contributed by atoms with Crippen molar-refractivity contribution >= 4 is 17.8 Å². The average molecular weight is 393 g/mol. The Kier molecular flexibility index (Phi) is 7.86. The van der Waals surface area contributed by atoms with Crippen molar-refractivity contribution in [3.63, 3.8) is 0 Å². The Balaban J connectivity index is 2.07. The first-order valence-corrected chi connectivity index (χ1v) is 9.47. The third-order valence-corrected chi connectivity index (χ3v) is 5.28. The molecule has 3 N–H and O–H groups in total. The zero-order chi connectivity index (χ0) is 20.7. The molecule has 9 nitrogen and oxygen atoms in total. The zero-order valence-corrected chi connectivity index (χ0v) is 16.9. The molecular weight excluding hydrogens is 362 g/mol. The number of aliphatic imine (C=N–C) groups is 1. The molecule has 0 radical (unpaired) electrons. The maximum Gasteiger partial charge on any atom is 0.327 e. The van der Waals surface area contributed by atoms with Gasteiger partial charge in [0.15, 0.2) is 5.84 Å². The third kappa shape index (κ3) is 5.25. The normalized spacial score (nSPS) is 25.1. The summed E-state index contributed by atoms with van der Waals surface area (Å²) in [4.78, 5) is 32.2. The Morgan fingerprint density at radius 1 is 1.39 bits per heavy atom. The summed E-state index contributed by atoms with van der Waals surface area (Å²) >= 11 is 0. The van der Waals surface area contributed by atoms with Crippen molar-refractivity contribution < 1.29 is 19.1 Å². The van der Waals surface area contributed by atoms with Crippen LogP contribution in [0, 0.1) is 11.8 Å². The number of urea groups is 1. The monoisotopic (exact) mass is 393 g/mol. The Hall–Kier alpha value is -2.55. The van der Waals surface area contributed by atoms with Crippen LogP contribution in [0.15, 0.2) is 29.3 Å². The number of nitrogens with zero attached hydrogens (tertiary/aromatic N) is 3. The number of rotatable bonds is 8. The first kappa shape index (κ1) is 21.7. The average Bonchev–Trinajstić information content (AvgIpc) is 3.00. The molecule has 0 atom stereocenters. The fourth-order valence-electron chi connectivity index (χ4n) is 3.46. The van der Waals surface area contributed by atoms with E-state index in [9.17, 15) is 9.59 Å². The highest BCUT2D eigenvalue weighted by Gasteiger charge is 2.35. The number of carbonyl (C=O) groups is 2. The first-order chi connectivity index (χ1) is 13.4. The highest BCUT2D eigenvalue weighted by molar-refractivity contribution is 6.14. The first-order valence-electron chi connectivity index (χ1n) is 9.47. The van der Waals surface area contributed by atoms with E-state index in [-0.39, 0.29) is 23.8 Å². The topological polar surface area (TPSA) is 109 Å². The van der Waals surface area contributed by atoms with E-state index in [0.717, 1.165) is 25.7 Å². The molecule has 1 heterocycles. The molecule has 1 aliphatic carbocycles. The number of nitrogens with two attached hydrogens (primary N) is 1. The van der Waals surface area contributed by atoms with Crippen LogP contribution in [0.3, 0.4) is 0 Å². The predicted octanol–water partition coefficient (Wildman–Crippen LogP) is 1.24. The predicted molar refractivity (Wildman–Crippen MR) is 106 cm³/mol. The van der Waals surface area contributed by atoms with Crippen LogP contribution in [0.2, 0.25) is 0 Å². The van der Waals surface area contributed by atoms with E-state index in [1.54, 1.807) is 12.0 Å². The molecule has 2 fully saturated rings. The van der Waals surface area contributed by atoms with Gasteiger partial charge in [-0.25, -0.2) is 9.79 Å². The van der Waals surface area contributed by atoms with Gasteiger partial charge in [-0.05, 0) is 31.6 Å². The van der Waals surface area contributed by atoms with Crippen LogP contribution in [-0.4, -0.2) is 68.6 Å². The lowest BCUT2D eigenvalue weighted by Gasteiger charge is -2.29. The van der Waals surface area contributed by atoms with Gasteiger partial charge in [0.25, 0.3) is 0 Å². The highest BCUT2D eigenvalue weighted by Crippen LogP contribution is 2.31. The van der Waals surface area contributed by atoms with Crippen LogP contribution in [-0.2, 0) is 14.3 Å². The van der Waals surface area contributed by atoms with Crippen molar-refractivity contribution in [3.05, 3.63) is 24.3 Å². The Morgan fingerprint density at radius 2 is 2.07 bits per heavy atom. The van der Waals surface area contributed by atoms with Crippen molar-refractivity contribution in [3.8, 4) is 0 Å². The lowest BCUT2D eigenvalue weighted by Crippen LogP contribution is -2.37. The molecule has 0 bridgehead atoms. The second-order valence-corrected chi connectivity index (χ2v) is 7.13. The van der Waals surface area contributed by atoms with Crippen LogP contribution in [0.4, 0.5) is 4.79 Å². The number of nitrogens with one attached hydrogen (secondary N) is 1. The van der Waals surface area contributed by atoms with Gasteiger partial charge in [-0.3, -0.25) is 9.69 Å². The fraction of sp³-hybridized carbons (Fsp3) is 0.632. The van der Waals surface area contributed by atoms with Gasteiger partial charge in [0.05, 0.1) is 19.6 Å². The van der Waals surface area contributed by atoms with E-state index in [1.807, 2.05) is 11.9 Å². The van der Waals surface area contributed by atoms with Gasteiger partial charge in [-0.1, -0.05) is 6.58 Å². The van der Waals surface area contributed by atoms with Crippen LogP contribution in [0.5, 0.6) is 0 Å². The Labute approximate surface area is 166 Å². The summed E-state index contributed by atoms with van der Waals surface area (Å²) < 4.78 is 9.91. The van der Waals surface area contributed by atoms with Crippen LogP contribution >= 0.6 is 0 Å². The van der Waals surface area contributed by atoms with Gasteiger partial charge in [-0.15, -0.1) is 0 Å². The van der Waals surface area contributed by atoms with Crippen LogP contribution in [0.1, 0.15) is 25.7 Å². The summed E-state index contributed by atoms with van der Waals surface area (Å²) in [7, 11) is 4.91. The van der Waals surface area contributed by atoms with Gasteiger partial charge in [0.2, 0.25) is 0 Å². The Morgan fingerprint density at radius 3 is 2.64 bits per heavy atom. The lowest BCUT2D eigenvalue weighted by atomic mass is 9.82. The van der Waals surface area contributed by atoms with Crippen molar-refractivity contribution in [2.75, 3.05) is 41.0 Å². The quantitative estimate of drug-likeness (QED) is 0.601. The number of amidine groups is 1. The number of hydrogen-bond donors (Lipinski definition) is 2. The molecule has 28 heavy (non-hydrogen) atoms. The number of esters is 1. The van der Waals surface area contributed by atoms with Gasteiger partial charge >= 0.3 is 12.0 Å². The molecule has 0 unspecified atom stereocenters. The van der Waals surface area contributed by atoms with E-state index in [4.69, 9.17) is 15.2 Å². The van der Waals surface area contributed by atoms with E-state index < -0.39 is 0 Å². The van der Waals surface area contributed by atoms with Gasteiger partial charge in [0, 0.05) is 33.4 Å². The minimum atomic E-state index is -0.252. The fourth-order valence-corrected chi connectivity index (χ4v) is 3.46. The van der Waals surface area contributed by atoms with Gasteiger partial charge in [0.1, 0.15) is 11.5 Å². The molecule has 2 aliphatic rings. The standard InChI is InChI=1S/C19H31N5O4/c1-13(23(2)9-10-27-3)21-17-16(11-20)22-19(26)24(17)12-14-5-7-15(8-6-14)18(25)28-4/h11,14-15H,1,5-10,12,20H2,2-4H3,(H,22,26)/b16-11+,21-17+/t14-,15-. The molecule has 1 saturated carbocycles. The zero-order valence-electron chi connectivity index (χ0n) is 16.9. The molecule has 2 rings (SSSR count). The molecule has 0 aromatic carbocycles. The summed E-state index contributed by atoms with van der Waals surface area (Å²) in [5.41, 5.74) is 6.15. The molecule has 1 saturated heterocycles. The summed E-state index contributed by atoms with van der Waals surface area (Å²) in [6.07, 6.45) is 4.59. The molecule has 0 spiro atoms. The van der Waals surface area contributed by atoms with E-state index in [1.165, 1.54) is 13.3 Å². The van der Waals surface area contributed by atoms with Crippen LogP contribution < -0.4 is 11.1 Å². The molecule has 2 amide bonds. The van der Waals surface area contributed by atoms with Gasteiger partial charge in [-0.2, -0.15) is 0 Å². The smallest absolute Gasteiger partial charge is 0.327 e. The number of carbonyl (C=O) groups excluding carboxylic acids is 2. The van der Waals surface area contributed by atoms with Crippen molar-refractivity contribution in [2.24, 2.45) is 22.6 Å². The maximum atomic E-state index is 12.5. The van der Waals surface area contributed by atoms with E-state index >= 15 is 0 Å². The molecule has 156 valence electrons. The van der Waals surface area contributed by atoms with Crippen molar-refractivity contribution in [2.45, 2.75) is 25.7 Å².